The Labute approximate surface area is 109 Å². The predicted molar refractivity (Wildman–Crippen MR) is 68.4 cm³/mol. The molecular weight excluding hydrogens is 259 g/mol. The summed E-state index contributed by atoms with van der Waals surface area (Å²) >= 11 is 12.2. The van der Waals surface area contributed by atoms with Gasteiger partial charge < -0.3 is 5.32 Å². The summed E-state index contributed by atoms with van der Waals surface area (Å²) < 4.78 is 0. The van der Waals surface area contributed by atoms with Crippen molar-refractivity contribution >= 4 is 23.2 Å². The Balaban J connectivity index is 2.43. The van der Waals surface area contributed by atoms with Gasteiger partial charge in [-0.15, -0.1) is 0 Å². The quantitative estimate of drug-likeness (QED) is 0.899. The number of benzene rings is 1. The molecular formula is C11H12Cl2N4. The number of hydrogen-bond acceptors (Lipinski definition) is 3. The molecule has 0 amide bonds. The molecule has 0 aliphatic heterocycles. The van der Waals surface area contributed by atoms with E-state index in [-0.39, 0.29) is 6.04 Å². The summed E-state index contributed by atoms with van der Waals surface area (Å²) in [7, 11) is 0. The van der Waals surface area contributed by atoms with Crippen molar-refractivity contribution < 1.29 is 0 Å². The van der Waals surface area contributed by atoms with E-state index in [1.54, 1.807) is 6.07 Å². The largest absolute Gasteiger partial charge is 0.304 e. The molecule has 1 unspecified atom stereocenters. The van der Waals surface area contributed by atoms with Gasteiger partial charge in [0, 0.05) is 0 Å². The van der Waals surface area contributed by atoms with Gasteiger partial charge in [-0.05, 0) is 18.2 Å². The van der Waals surface area contributed by atoms with E-state index < -0.39 is 0 Å². The van der Waals surface area contributed by atoms with Crippen LogP contribution in [0.2, 0.25) is 10.0 Å². The summed E-state index contributed by atoms with van der Waals surface area (Å²) in [5, 5.41) is 11.1. The molecule has 0 saturated heterocycles. The van der Waals surface area contributed by atoms with Crippen LogP contribution in [-0.2, 0) is 0 Å². The Morgan fingerprint density at radius 2 is 2.24 bits per heavy atom. The van der Waals surface area contributed by atoms with E-state index in [4.69, 9.17) is 23.2 Å². The van der Waals surface area contributed by atoms with Gasteiger partial charge in [0.2, 0.25) is 0 Å². The van der Waals surface area contributed by atoms with E-state index >= 15 is 0 Å². The summed E-state index contributed by atoms with van der Waals surface area (Å²) in [6, 6.07) is 5.42. The van der Waals surface area contributed by atoms with Crippen LogP contribution in [0.25, 0.3) is 0 Å². The Hall–Kier alpha value is -1.10. The van der Waals surface area contributed by atoms with Crippen LogP contribution in [0.5, 0.6) is 0 Å². The maximum atomic E-state index is 6.21. The van der Waals surface area contributed by atoms with E-state index in [1.807, 2.05) is 19.1 Å². The van der Waals surface area contributed by atoms with Crippen molar-refractivity contribution in [1.82, 2.24) is 20.5 Å². The van der Waals surface area contributed by atoms with Crippen molar-refractivity contribution in [3.63, 3.8) is 0 Å². The summed E-state index contributed by atoms with van der Waals surface area (Å²) in [5.41, 5.74) is 0.887. The summed E-state index contributed by atoms with van der Waals surface area (Å²) in [5.74, 6) is 0.719. The average molecular weight is 271 g/mol. The smallest absolute Gasteiger partial charge is 0.146 e. The third kappa shape index (κ3) is 2.60. The Morgan fingerprint density at radius 1 is 1.41 bits per heavy atom. The molecule has 0 bridgehead atoms. The van der Waals surface area contributed by atoms with Gasteiger partial charge in [-0.25, -0.2) is 4.98 Å². The molecule has 1 aromatic carbocycles. The predicted octanol–water partition coefficient (Wildman–Crippen LogP) is 2.81. The number of halogens is 2. The molecule has 90 valence electrons. The van der Waals surface area contributed by atoms with Crippen LogP contribution >= 0.6 is 23.2 Å². The molecule has 0 radical (unpaired) electrons. The van der Waals surface area contributed by atoms with Crippen LogP contribution in [0.4, 0.5) is 0 Å². The van der Waals surface area contributed by atoms with Gasteiger partial charge in [-0.1, -0.05) is 42.3 Å². The zero-order chi connectivity index (χ0) is 12.3. The van der Waals surface area contributed by atoms with Crippen LogP contribution in [0.15, 0.2) is 24.5 Å². The molecule has 0 spiro atoms. The minimum absolute atomic E-state index is 0.131. The Bertz CT molecular complexity index is 484. The van der Waals surface area contributed by atoms with Gasteiger partial charge >= 0.3 is 0 Å². The van der Waals surface area contributed by atoms with Gasteiger partial charge in [0.1, 0.15) is 12.2 Å². The third-order valence-electron chi connectivity index (χ3n) is 2.41. The van der Waals surface area contributed by atoms with Crippen molar-refractivity contribution in [1.29, 1.82) is 0 Å². The van der Waals surface area contributed by atoms with Gasteiger partial charge in [0.05, 0.1) is 16.1 Å². The number of hydrogen-bond donors (Lipinski definition) is 2. The van der Waals surface area contributed by atoms with Crippen LogP contribution in [-0.4, -0.2) is 21.7 Å². The highest BCUT2D eigenvalue weighted by atomic mass is 35.5. The standard InChI is InChI=1S/C11H12Cl2N4/c1-2-14-10(11-15-6-16-17-11)7-4-3-5-8(12)9(7)13/h3-6,10,14H,2H2,1H3,(H,15,16,17). The lowest BCUT2D eigenvalue weighted by Crippen LogP contribution is -2.23. The van der Waals surface area contributed by atoms with Crippen molar-refractivity contribution in [2.24, 2.45) is 0 Å². The minimum Gasteiger partial charge on any atom is -0.304 e. The van der Waals surface area contributed by atoms with E-state index in [0.717, 1.165) is 17.9 Å². The fourth-order valence-corrected chi connectivity index (χ4v) is 2.07. The fraction of sp³-hybridized carbons (Fsp3) is 0.273. The first-order valence-electron chi connectivity index (χ1n) is 5.26. The monoisotopic (exact) mass is 270 g/mol. The highest BCUT2D eigenvalue weighted by molar-refractivity contribution is 6.42. The second-order valence-corrected chi connectivity index (χ2v) is 4.29. The van der Waals surface area contributed by atoms with Crippen LogP contribution in [0.1, 0.15) is 24.4 Å². The molecule has 2 N–H and O–H groups in total. The van der Waals surface area contributed by atoms with Crippen LogP contribution in [0.3, 0.4) is 0 Å². The average Bonchev–Trinajstić information content (AvgIpc) is 2.84. The number of nitrogens with one attached hydrogen (secondary N) is 2. The van der Waals surface area contributed by atoms with Gasteiger partial charge in [-0.3, -0.25) is 5.10 Å². The lowest BCUT2D eigenvalue weighted by atomic mass is 10.1. The molecule has 2 rings (SSSR count). The summed E-state index contributed by atoms with van der Waals surface area (Å²) in [4.78, 5) is 4.15. The van der Waals surface area contributed by atoms with Gasteiger partial charge in [-0.2, -0.15) is 5.10 Å². The third-order valence-corrected chi connectivity index (χ3v) is 3.24. The first-order chi connectivity index (χ1) is 8.24. The normalized spacial score (nSPS) is 12.6. The maximum absolute atomic E-state index is 6.21. The number of nitrogens with zero attached hydrogens (tertiary/aromatic N) is 2. The molecule has 6 heteroatoms. The van der Waals surface area contributed by atoms with Gasteiger partial charge in [0.25, 0.3) is 0 Å². The fourth-order valence-electron chi connectivity index (χ4n) is 1.66. The van der Waals surface area contributed by atoms with Gasteiger partial charge in [0.15, 0.2) is 0 Å². The molecule has 1 atom stereocenters. The van der Waals surface area contributed by atoms with E-state index in [0.29, 0.717) is 10.0 Å². The maximum Gasteiger partial charge on any atom is 0.146 e. The number of aromatic amines is 1. The Kier molecular flexibility index (Phi) is 3.99. The number of aromatic nitrogens is 3. The molecule has 1 aromatic heterocycles. The minimum atomic E-state index is -0.131. The molecule has 1 heterocycles. The number of H-pyrrole nitrogens is 1. The zero-order valence-electron chi connectivity index (χ0n) is 9.24. The van der Waals surface area contributed by atoms with Crippen LogP contribution < -0.4 is 5.32 Å². The second kappa shape index (κ2) is 5.49. The van der Waals surface area contributed by atoms with E-state index in [1.165, 1.54) is 6.33 Å². The van der Waals surface area contributed by atoms with E-state index in [9.17, 15) is 0 Å². The molecule has 0 saturated carbocycles. The molecule has 0 aliphatic rings. The van der Waals surface area contributed by atoms with Crippen LogP contribution in [0, 0.1) is 0 Å². The van der Waals surface area contributed by atoms with Crippen molar-refractivity contribution in [2.45, 2.75) is 13.0 Å². The summed E-state index contributed by atoms with van der Waals surface area (Å²) in [6.45, 7) is 2.80. The number of rotatable bonds is 4. The zero-order valence-corrected chi connectivity index (χ0v) is 10.8. The second-order valence-electron chi connectivity index (χ2n) is 3.50. The highest BCUT2D eigenvalue weighted by Crippen LogP contribution is 2.31. The summed E-state index contributed by atoms with van der Waals surface area (Å²) in [6.07, 6.45) is 1.47. The molecule has 4 nitrogen and oxygen atoms in total. The topological polar surface area (TPSA) is 53.6 Å². The van der Waals surface area contributed by atoms with E-state index in [2.05, 4.69) is 20.5 Å². The van der Waals surface area contributed by atoms with Crippen molar-refractivity contribution in [2.75, 3.05) is 6.54 Å². The SMILES string of the molecule is CCNC(c1ncn[nH]1)c1cccc(Cl)c1Cl. The first-order valence-corrected chi connectivity index (χ1v) is 6.02. The highest BCUT2D eigenvalue weighted by Gasteiger charge is 2.19. The lowest BCUT2D eigenvalue weighted by molar-refractivity contribution is 0.600. The molecule has 17 heavy (non-hydrogen) atoms. The lowest BCUT2D eigenvalue weighted by Gasteiger charge is -2.17. The Morgan fingerprint density at radius 3 is 2.88 bits per heavy atom. The first kappa shape index (κ1) is 12.4. The molecule has 0 aliphatic carbocycles. The van der Waals surface area contributed by atoms with Crippen molar-refractivity contribution in [3.05, 3.63) is 46.0 Å². The van der Waals surface area contributed by atoms with Crippen molar-refractivity contribution in [3.8, 4) is 0 Å². The molecule has 0 fully saturated rings. The molecule has 2 aromatic rings.